The predicted octanol–water partition coefficient (Wildman–Crippen LogP) is 5.08. The molecule has 2 heterocycles. The molecule has 0 aliphatic carbocycles. The van der Waals surface area contributed by atoms with Gasteiger partial charge in [-0.25, -0.2) is 9.18 Å². The number of anilines is 1. The number of amides is 1. The first kappa shape index (κ1) is 24.9. The first-order valence-corrected chi connectivity index (χ1v) is 11.8. The van der Waals surface area contributed by atoms with E-state index in [-0.39, 0.29) is 18.3 Å². The van der Waals surface area contributed by atoms with Crippen molar-refractivity contribution in [3.05, 3.63) is 70.2 Å². The van der Waals surface area contributed by atoms with Crippen LogP contribution in [0.3, 0.4) is 0 Å². The Morgan fingerprint density at radius 3 is 2.31 bits per heavy atom. The number of nitrogens with zero attached hydrogens (tertiary/aromatic N) is 2. The molecule has 7 nitrogen and oxygen atoms in total. The summed E-state index contributed by atoms with van der Waals surface area (Å²) in [6.45, 7) is 8.67. The third-order valence-electron chi connectivity index (χ3n) is 6.74. The molecule has 186 valence electrons. The maximum absolute atomic E-state index is 14.3. The maximum atomic E-state index is 14.3. The lowest BCUT2D eigenvalue weighted by molar-refractivity contribution is -0.150. The lowest BCUT2D eigenvalue weighted by Crippen LogP contribution is -2.55. The van der Waals surface area contributed by atoms with Crippen LogP contribution in [0.1, 0.15) is 42.0 Å². The molecule has 4 rings (SSSR count). The fourth-order valence-electron chi connectivity index (χ4n) is 5.38. The SMILES string of the molecule is CCOC(=O)OC1=C(c2c(C)cc(C)cc2C)C(=O)N(c2cccc(F)c2)C12CCN(OC)CC2. The topological polar surface area (TPSA) is 68.3 Å². The zero-order chi connectivity index (χ0) is 25.3. The van der Waals surface area contributed by atoms with Crippen LogP contribution in [0.2, 0.25) is 0 Å². The molecule has 0 saturated carbocycles. The van der Waals surface area contributed by atoms with E-state index in [0.717, 1.165) is 16.7 Å². The van der Waals surface area contributed by atoms with Crippen molar-refractivity contribution >= 4 is 23.3 Å². The molecule has 2 aromatic rings. The molecule has 0 N–H and O–H groups in total. The second kappa shape index (κ2) is 9.79. The number of hydrogen-bond donors (Lipinski definition) is 0. The maximum Gasteiger partial charge on any atom is 0.513 e. The molecule has 35 heavy (non-hydrogen) atoms. The molecular formula is C27H31FN2O5. The molecule has 1 saturated heterocycles. The normalized spacial score (nSPS) is 17.9. The van der Waals surface area contributed by atoms with E-state index in [9.17, 15) is 14.0 Å². The summed E-state index contributed by atoms with van der Waals surface area (Å²) in [5.41, 5.74) is 3.26. The molecular weight excluding hydrogens is 451 g/mol. The number of piperidine rings is 1. The van der Waals surface area contributed by atoms with Gasteiger partial charge in [-0.2, -0.15) is 5.06 Å². The lowest BCUT2D eigenvalue weighted by atomic mass is 9.83. The number of carbonyl (C=O) groups is 2. The Morgan fingerprint density at radius 2 is 1.74 bits per heavy atom. The highest BCUT2D eigenvalue weighted by molar-refractivity contribution is 6.31. The summed E-state index contributed by atoms with van der Waals surface area (Å²) >= 11 is 0. The highest BCUT2D eigenvalue weighted by Crippen LogP contribution is 2.50. The van der Waals surface area contributed by atoms with Crippen LogP contribution in [-0.2, 0) is 19.1 Å². The number of rotatable bonds is 5. The van der Waals surface area contributed by atoms with E-state index in [4.69, 9.17) is 14.3 Å². The Kier molecular flexibility index (Phi) is 6.96. The van der Waals surface area contributed by atoms with Gasteiger partial charge in [-0.15, -0.1) is 0 Å². The van der Waals surface area contributed by atoms with Gasteiger partial charge < -0.3 is 14.3 Å². The molecule has 0 aromatic heterocycles. The third kappa shape index (κ3) is 4.44. The number of ether oxygens (including phenoxy) is 2. The quantitative estimate of drug-likeness (QED) is 0.554. The van der Waals surface area contributed by atoms with Crippen molar-refractivity contribution in [3.63, 3.8) is 0 Å². The molecule has 0 radical (unpaired) electrons. The van der Waals surface area contributed by atoms with E-state index in [0.29, 0.717) is 42.8 Å². The first-order valence-electron chi connectivity index (χ1n) is 11.8. The number of halogens is 1. The summed E-state index contributed by atoms with van der Waals surface area (Å²) in [4.78, 5) is 33.9. The highest BCUT2D eigenvalue weighted by atomic mass is 19.1. The summed E-state index contributed by atoms with van der Waals surface area (Å²) in [7, 11) is 1.60. The van der Waals surface area contributed by atoms with Crippen LogP contribution in [0.25, 0.3) is 5.57 Å². The molecule has 8 heteroatoms. The number of benzene rings is 2. The molecule has 0 bridgehead atoms. The van der Waals surface area contributed by atoms with E-state index >= 15 is 0 Å². The summed E-state index contributed by atoms with van der Waals surface area (Å²) in [5, 5.41) is 1.79. The lowest BCUT2D eigenvalue weighted by Gasteiger charge is -2.44. The van der Waals surface area contributed by atoms with Crippen LogP contribution in [-0.4, -0.2) is 49.5 Å². The third-order valence-corrected chi connectivity index (χ3v) is 6.74. The average Bonchev–Trinajstić information content (AvgIpc) is 3.01. The fraction of sp³-hybridized carbons (Fsp3) is 0.407. The Bertz CT molecular complexity index is 1160. The Balaban J connectivity index is 1.98. The molecule has 0 atom stereocenters. The molecule has 1 fully saturated rings. The van der Waals surface area contributed by atoms with Crippen LogP contribution < -0.4 is 4.90 Å². The minimum absolute atomic E-state index is 0.135. The smallest absolute Gasteiger partial charge is 0.434 e. The van der Waals surface area contributed by atoms with Gasteiger partial charge in [-0.05, 0) is 75.4 Å². The molecule has 1 amide bonds. The molecule has 0 unspecified atom stereocenters. The van der Waals surface area contributed by atoms with E-state index in [2.05, 4.69) is 0 Å². The van der Waals surface area contributed by atoms with Gasteiger partial charge in [-0.1, -0.05) is 23.8 Å². The molecule has 2 aliphatic heterocycles. The Hall–Kier alpha value is -3.23. The fourth-order valence-corrected chi connectivity index (χ4v) is 5.38. The Labute approximate surface area is 205 Å². The van der Waals surface area contributed by atoms with Crippen LogP contribution >= 0.6 is 0 Å². The minimum atomic E-state index is -1.01. The number of carbonyl (C=O) groups excluding carboxylic acids is 2. The summed E-state index contributed by atoms with van der Waals surface area (Å²) in [6, 6.07) is 9.93. The Morgan fingerprint density at radius 1 is 1.09 bits per heavy atom. The van der Waals surface area contributed by atoms with Gasteiger partial charge in [0.2, 0.25) is 0 Å². The van der Waals surface area contributed by atoms with Crippen LogP contribution in [0.15, 0.2) is 42.2 Å². The zero-order valence-electron chi connectivity index (χ0n) is 20.8. The van der Waals surface area contributed by atoms with Crippen molar-refractivity contribution < 1.29 is 28.3 Å². The zero-order valence-corrected chi connectivity index (χ0v) is 20.8. The number of aryl methyl sites for hydroxylation is 3. The monoisotopic (exact) mass is 482 g/mol. The molecule has 1 spiro atoms. The first-order chi connectivity index (χ1) is 16.7. The van der Waals surface area contributed by atoms with Gasteiger partial charge in [0.05, 0.1) is 19.3 Å². The van der Waals surface area contributed by atoms with Crippen LogP contribution in [0, 0.1) is 26.6 Å². The van der Waals surface area contributed by atoms with Gasteiger partial charge in [0, 0.05) is 18.8 Å². The largest absolute Gasteiger partial charge is 0.513 e. The second-order valence-electron chi connectivity index (χ2n) is 9.03. The van der Waals surface area contributed by atoms with E-state index in [1.54, 1.807) is 36.1 Å². The van der Waals surface area contributed by atoms with Crippen molar-refractivity contribution in [1.82, 2.24) is 5.06 Å². The summed E-state index contributed by atoms with van der Waals surface area (Å²) < 4.78 is 25.3. The van der Waals surface area contributed by atoms with Gasteiger partial charge >= 0.3 is 6.16 Å². The number of hydroxylamine groups is 2. The van der Waals surface area contributed by atoms with E-state index in [1.165, 1.54) is 12.1 Å². The van der Waals surface area contributed by atoms with Crippen molar-refractivity contribution in [1.29, 1.82) is 0 Å². The van der Waals surface area contributed by atoms with Crippen molar-refractivity contribution in [3.8, 4) is 0 Å². The van der Waals surface area contributed by atoms with Crippen LogP contribution in [0.5, 0.6) is 0 Å². The number of hydrogen-bond acceptors (Lipinski definition) is 6. The molecule has 2 aliphatic rings. The minimum Gasteiger partial charge on any atom is -0.434 e. The predicted molar refractivity (Wildman–Crippen MR) is 130 cm³/mol. The van der Waals surface area contributed by atoms with Gasteiger partial charge in [0.1, 0.15) is 11.4 Å². The van der Waals surface area contributed by atoms with Crippen molar-refractivity contribution in [2.24, 2.45) is 0 Å². The van der Waals surface area contributed by atoms with Gasteiger partial charge in [0.15, 0.2) is 5.76 Å². The van der Waals surface area contributed by atoms with Gasteiger partial charge in [0.25, 0.3) is 5.91 Å². The second-order valence-corrected chi connectivity index (χ2v) is 9.03. The van der Waals surface area contributed by atoms with E-state index in [1.807, 2.05) is 32.9 Å². The van der Waals surface area contributed by atoms with Crippen LogP contribution in [0.4, 0.5) is 14.9 Å². The summed E-state index contributed by atoms with van der Waals surface area (Å²) in [5.74, 6) is -0.546. The van der Waals surface area contributed by atoms with Crippen molar-refractivity contribution in [2.75, 3.05) is 31.7 Å². The van der Waals surface area contributed by atoms with Gasteiger partial charge in [-0.3, -0.25) is 9.69 Å². The highest BCUT2D eigenvalue weighted by Gasteiger charge is 2.56. The standard InChI is InChI=1S/C27H31FN2O5/c1-6-34-26(32)35-24-23(22-18(3)14-17(2)15-19(22)4)25(31)30(21-9-7-8-20(28)16-21)27(24)10-12-29(33-5)13-11-27/h7-9,14-16H,6,10-13H2,1-5H3. The summed E-state index contributed by atoms with van der Waals surface area (Å²) in [6.07, 6.45) is -0.0267. The molecule has 2 aromatic carbocycles. The van der Waals surface area contributed by atoms with Crippen molar-refractivity contribution in [2.45, 2.75) is 46.1 Å². The van der Waals surface area contributed by atoms with E-state index < -0.39 is 17.5 Å². The average molecular weight is 483 g/mol.